The maximum absolute atomic E-state index is 11.5. The number of halogens is 1. The number of piperidine rings is 1. The van der Waals surface area contributed by atoms with Gasteiger partial charge in [-0.2, -0.15) is 0 Å². The molecular formula is C15H19ClN4O5. The summed E-state index contributed by atoms with van der Waals surface area (Å²) >= 11 is 0. The molecule has 3 N–H and O–H groups in total. The summed E-state index contributed by atoms with van der Waals surface area (Å²) in [6, 6.07) is 2.81. The summed E-state index contributed by atoms with van der Waals surface area (Å²) in [5.41, 5.74) is -0.685. The number of hydrogen-bond acceptors (Lipinski definition) is 6. The quantitative estimate of drug-likeness (QED) is 0.413. The molecule has 2 heterocycles. The lowest BCUT2D eigenvalue weighted by molar-refractivity contribution is -0.385. The van der Waals surface area contributed by atoms with Gasteiger partial charge in [-0.3, -0.25) is 24.6 Å². The topological polar surface area (TPSA) is 132 Å². The number of rotatable bonds is 4. The monoisotopic (exact) mass is 370 g/mol. The fourth-order valence-corrected chi connectivity index (χ4v) is 3.18. The van der Waals surface area contributed by atoms with Crippen LogP contribution in [0.1, 0.15) is 18.4 Å². The molecule has 1 atom stereocenters. The second kappa shape index (κ2) is 7.77. The molecule has 1 aromatic heterocycles. The number of benzene rings is 1. The molecule has 0 amide bonds. The highest BCUT2D eigenvalue weighted by Gasteiger charge is 2.23. The molecule has 0 radical (unpaired) electrons. The fraction of sp³-hybridized carbons (Fsp3) is 0.467. The van der Waals surface area contributed by atoms with Crippen LogP contribution in [0.4, 0.5) is 5.69 Å². The summed E-state index contributed by atoms with van der Waals surface area (Å²) in [6.07, 6.45) is 1.87. The number of aromatic nitrogens is 2. The van der Waals surface area contributed by atoms with Gasteiger partial charge in [0.05, 0.1) is 16.0 Å². The Kier molecular flexibility index (Phi) is 5.93. The predicted molar refractivity (Wildman–Crippen MR) is 94.2 cm³/mol. The zero-order valence-electron chi connectivity index (χ0n) is 13.4. The Balaban J connectivity index is 0.00000225. The van der Waals surface area contributed by atoms with Gasteiger partial charge in [-0.25, -0.2) is 0 Å². The Morgan fingerprint density at radius 1 is 1.24 bits per heavy atom. The van der Waals surface area contributed by atoms with Crippen molar-refractivity contribution in [3.05, 3.63) is 48.5 Å². The number of nitro benzene ring substituents is 1. The van der Waals surface area contributed by atoms with Gasteiger partial charge in [0.25, 0.3) is 5.69 Å². The van der Waals surface area contributed by atoms with Crippen molar-refractivity contribution in [2.75, 3.05) is 19.7 Å². The third-order valence-electron chi connectivity index (χ3n) is 4.37. The minimum absolute atomic E-state index is 0. The molecule has 0 bridgehead atoms. The van der Waals surface area contributed by atoms with E-state index in [2.05, 4.69) is 14.9 Å². The molecule has 9 nitrogen and oxygen atoms in total. The van der Waals surface area contributed by atoms with E-state index in [1.165, 1.54) is 12.1 Å². The first-order valence-corrected chi connectivity index (χ1v) is 7.74. The summed E-state index contributed by atoms with van der Waals surface area (Å²) < 4.78 is 0. The largest absolute Gasteiger partial charge is 0.396 e. The van der Waals surface area contributed by atoms with Crippen LogP contribution in [0.2, 0.25) is 0 Å². The number of nitrogens with one attached hydrogen (secondary N) is 2. The molecule has 1 unspecified atom stereocenters. The Morgan fingerprint density at radius 3 is 2.48 bits per heavy atom. The van der Waals surface area contributed by atoms with Gasteiger partial charge in [0.1, 0.15) is 0 Å². The molecule has 1 saturated heterocycles. The van der Waals surface area contributed by atoms with E-state index in [-0.39, 0.29) is 36.1 Å². The van der Waals surface area contributed by atoms with Crippen LogP contribution >= 0.6 is 12.4 Å². The number of likely N-dealkylation sites (tertiary alicyclic amines) is 1. The highest BCUT2D eigenvalue weighted by Crippen LogP contribution is 2.26. The van der Waals surface area contributed by atoms with Crippen molar-refractivity contribution in [2.24, 2.45) is 5.92 Å². The molecular weight excluding hydrogens is 352 g/mol. The first-order chi connectivity index (χ1) is 11.5. The standard InChI is InChI=1S/C15H18N4O5.ClH/c20-8-9-2-1-3-18(6-9)7-10-4-11-12(5-13(10)19(23)24)17-15(22)14(21)16-11;/h4-5,9,20H,1-3,6-8H2,(H,16,21)(H,17,22);1H. The second-order valence-corrected chi connectivity index (χ2v) is 6.12. The van der Waals surface area contributed by atoms with E-state index in [0.717, 1.165) is 19.4 Å². The van der Waals surface area contributed by atoms with E-state index >= 15 is 0 Å². The average molecular weight is 371 g/mol. The SMILES string of the molecule is Cl.O=c1[nH]c2cc(CN3CCCC(CO)C3)c([N+](=O)[O-])cc2[nH]c1=O. The van der Waals surface area contributed by atoms with Crippen LogP contribution < -0.4 is 11.1 Å². The molecule has 1 fully saturated rings. The zero-order chi connectivity index (χ0) is 17.3. The summed E-state index contributed by atoms with van der Waals surface area (Å²) in [6.45, 7) is 1.93. The van der Waals surface area contributed by atoms with Gasteiger partial charge in [-0.1, -0.05) is 0 Å². The van der Waals surface area contributed by atoms with Gasteiger partial charge in [0, 0.05) is 31.3 Å². The van der Waals surface area contributed by atoms with Crippen LogP contribution in [0.3, 0.4) is 0 Å². The van der Waals surface area contributed by atoms with Gasteiger partial charge in [-0.05, 0) is 31.4 Å². The Morgan fingerprint density at radius 2 is 1.88 bits per heavy atom. The highest BCUT2D eigenvalue weighted by atomic mass is 35.5. The van der Waals surface area contributed by atoms with Crippen molar-refractivity contribution in [1.29, 1.82) is 0 Å². The third-order valence-corrected chi connectivity index (χ3v) is 4.37. The van der Waals surface area contributed by atoms with Crippen molar-refractivity contribution in [1.82, 2.24) is 14.9 Å². The number of hydrogen-bond donors (Lipinski definition) is 3. The first kappa shape index (κ1) is 19.1. The molecule has 25 heavy (non-hydrogen) atoms. The third kappa shape index (κ3) is 4.06. The molecule has 3 rings (SSSR count). The van der Waals surface area contributed by atoms with Gasteiger partial charge < -0.3 is 15.1 Å². The molecule has 0 aliphatic carbocycles. The number of H-pyrrole nitrogens is 2. The summed E-state index contributed by atoms with van der Waals surface area (Å²) in [5, 5.41) is 20.7. The summed E-state index contributed by atoms with van der Waals surface area (Å²) in [4.78, 5) is 40.6. The number of nitrogens with zero attached hydrogens (tertiary/aromatic N) is 2. The molecule has 136 valence electrons. The number of aliphatic hydroxyl groups is 1. The number of aromatic amines is 2. The lowest BCUT2D eigenvalue weighted by Gasteiger charge is -2.31. The molecule has 0 spiro atoms. The first-order valence-electron chi connectivity index (χ1n) is 7.74. The number of nitro groups is 1. The molecule has 2 aromatic rings. The smallest absolute Gasteiger partial charge is 0.314 e. The number of fused-ring (bicyclic) bond motifs is 1. The molecule has 0 saturated carbocycles. The normalized spacial score (nSPS) is 18.0. The lowest BCUT2D eigenvalue weighted by Crippen LogP contribution is -2.36. The molecule has 1 aromatic carbocycles. The highest BCUT2D eigenvalue weighted by molar-refractivity contribution is 5.85. The average Bonchev–Trinajstić information content (AvgIpc) is 2.56. The maximum Gasteiger partial charge on any atom is 0.314 e. The van der Waals surface area contributed by atoms with E-state index in [1.807, 2.05) is 0 Å². The number of aliphatic hydroxyl groups excluding tert-OH is 1. The van der Waals surface area contributed by atoms with Gasteiger partial charge in [-0.15, -0.1) is 12.4 Å². The van der Waals surface area contributed by atoms with Crippen molar-refractivity contribution < 1.29 is 10.0 Å². The Bertz CT molecular complexity index is 894. The van der Waals surface area contributed by atoms with Crippen molar-refractivity contribution in [3.8, 4) is 0 Å². The Hall–Kier alpha value is -2.23. The minimum atomic E-state index is -0.841. The van der Waals surface area contributed by atoms with Crippen molar-refractivity contribution in [3.63, 3.8) is 0 Å². The second-order valence-electron chi connectivity index (χ2n) is 6.12. The van der Waals surface area contributed by atoms with E-state index in [1.54, 1.807) is 0 Å². The molecule has 10 heteroatoms. The zero-order valence-corrected chi connectivity index (χ0v) is 14.2. The maximum atomic E-state index is 11.5. The predicted octanol–water partition coefficient (Wildman–Crippen LogP) is 0.751. The summed E-state index contributed by atoms with van der Waals surface area (Å²) in [5.74, 6) is 0.175. The van der Waals surface area contributed by atoms with Crippen LogP contribution in [0, 0.1) is 16.0 Å². The van der Waals surface area contributed by atoms with Crippen molar-refractivity contribution >= 4 is 29.1 Å². The van der Waals surface area contributed by atoms with E-state index in [4.69, 9.17) is 0 Å². The van der Waals surface area contributed by atoms with Gasteiger partial charge in [0.15, 0.2) is 0 Å². The molecule has 1 aliphatic heterocycles. The Labute approximate surface area is 148 Å². The minimum Gasteiger partial charge on any atom is -0.396 e. The lowest BCUT2D eigenvalue weighted by atomic mass is 9.98. The van der Waals surface area contributed by atoms with Crippen LogP contribution in [0.5, 0.6) is 0 Å². The van der Waals surface area contributed by atoms with E-state index in [9.17, 15) is 24.8 Å². The van der Waals surface area contributed by atoms with Crippen LogP contribution in [0.25, 0.3) is 11.0 Å². The van der Waals surface area contributed by atoms with E-state index in [0.29, 0.717) is 24.2 Å². The van der Waals surface area contributed by atoms with Gasteiger partial charge >= 0.3 is 11.1 Å². The van der Waals surface area contributed by atoms with Crippen LogP contribution in [-0.4, -0.2) is 44.6 Å². The van der Waals surface area contributed by atoms with Crippen LogP contribution in [-0.2, 0) is 6.54 Å². The van der Waals surface area contributed by atoms with E-state index < -0.39 is 16.0 Å². The summed E-state index contributed by atoms with van der Waals surface area (Å²) in [7, 11) is 0. The van der Waals surface area contributed by atoms with Crippen LogP contribution in [0.15, 0.2) is 21.7 Å². The van der Waals surface area contributed by atoms with Crippen molar-refractivity contribution in [2.45, 2.75) is 19.4 Å². The fourth-order valence-electron chi connectivity index (χ4n) is 3.18. The van der Waals surface area contributed by atoms with Gasteiger partial charge in [0.2, 0.25) is 0 Å². The molecule has 1 aliphatic rings.